The van der Waals surface area contributed by atoms with E-state index in [9.17, 15) is 19.0 Å². The minimum Gasteiger partial charge on any atom is -0.388 e. The van der Waals surface area contributed by atoms with Crippen molar-refractivity contribution in [2.24, 2.45) is 7.05 Å². The number of aromatic nitrogens is 8. The summed E-state index contributed by atoms with van der Waals surface area (Å²) in [5, 5.41) is 11.3. The summed E-state index contributed by atoms with van der Waals surface area (Å²) in [7, 11) is 1.52. The van der Waals surface area contributed by atoms with E-state index in [-0.39, 0.29) is 34.6 Å². The van der Waals surface area contributed by atoms with Gasteiger partial charge in [-0.2, -0.15) is 0 Å². The number of nitrogens with zero attached hydrogens (tertiary/aromatic N) is 8. The summed E-state index contributed by atoms with van der Waals surface area (Å²) in [5.74, 6) is 0.0626. The molecule has 2 aliphatic heterocycles. The zero-order chi connectivity index (χ0) is 30.4. The molecule has 2 unspecified atom stereocenters. The fourth-order valence-electron chi connectivity index (χ4n) is 5.83. The molecule has 2 bridgehead atoms. The van der Waals surface area contributed by atoms with Crippen LogP contribution in [-0.2, 0) is 34.5 Å². The minimum atomic E-state index is -4.28. The second-order valence-electron chi connectivity index (χ2n) is 10.4. The highest BCUT2D eigenvalue weighted by Gasteiger charge is 2.59. The molecule has 3 aliphatic rings. The topological polar surface area (TPSA) is 214 Å². The molecule has 10 atom stereocenters. The summed E-state index contributed by atoms with van der Waals surface area (Å²) >= 11 is 8.38. The van der Waals surface area contributed by atoms with Crippen molar-refractivity contribution in [2.75, 3.05) is 12.3 Å². The number of nitrogens with two attached hydrogens (primary N) is 1. The predicted molar refractivity (Wildman–Crippen MR) is 154 cm³/mol. The van der Waals surface area contributed by atoms with E-state index in [1.165, 1.54) is 46.1 Å². The number of thiol groups is 2. The molecule has 3 fully saturated rings. The highest BCUT2D eigenvalue weighted by molar-refractivity contribution is 8.46. The molecule has 22 heteroatoms. The summed E-state index contributed by atoms with van der Waals surface area (Å²) in [5.41, 5.74) is 4.47. The number of hydrogen-bond donors (Lipinski definition) is 4. The summed E-state index contributed by atoms with van der Waals surface area (Å²) < 4.78 is 70.8. The SMILES string of the molecule is Cn1cnc2c(ncn2[C@@H]2C[C@@H]3OP(=O)(S)[C@H]4[C@@H](F)[C@H](n5cnc6c(N)ncnc65)O[C@@H]4COP(=O)(S)O[C@@H]2[C@@H]3O)c1=O. The van der Waals surface area contributed by atoms with Crippen LogP contribution in [0.25, 0.3) is 22.3 Å². The van der Waals surface area contributed by atoms with Crippen LogP contribution >= 0.6 is 37.9 Å². The summed E-state index contributed by atoms with van der Waals surface area (Å²) in [6.07, 6.45) is -3.90. The number of aryl methyl sites for hydroxylation is 1. The van der Waals surface area contributed by atoms with E-state index in [1.54, 1.807) is 0 Å². The van der Waals surface area contributed by atoms with E-state index < -0.39 is 74.1 Å². The van der Waals surface area contributed by atoms with Gasteiger partial charge in [-0.1, -0.05) is 24.5 Å². The van der Waals surface area contributed by atoms with Gasteiger partial charge in [0.05, 0.1) is 43.8 Å². The van der Waals surface area contributed by atoms with Gasteiger partial charge in [-0.15, -0.1) is 0 Å². The van der Waals surface area contributed by atoms with E-state index >= 15 is 4.39 Å². The molecule has 7 rings (SSSR count). The average Bonchev–Trinajstić information content (AvgIpc) is 3.70. The number of imidazole rings is 2. The Balaban J connectivity index is 1.26. The number of aliphatic hydroxyl groups excluding tert-OH is 1. The average molecular weight is 676 g/mol. The third-order valence-corrected chi connectivity index (χ3v) is 12.5. The maximum Gasteiger partial charge on any atom is 0.386 e. The van der Waals surface area contributed by atoms with Crippen LogP contribution in [0.4, 0.5) is 10.2 Å². The van der Waals surface area contributed by atoms with Gasteiger partial charge in [0.2, 0.25) is 0 Å². The monoisotopic (exact) mass is 675 g/mol. The van der Waals surface area contributed by atoms with E-state index in [2.05, 4.69) is 49.4 Å². The summed E-state index contributed by atoms with van der Waals surface area (Å²) in [6, 6.07) is -0.881. The quantitative estimate of drug-likeness (QED) is 0.175. The van der Waals surface area contributed by atoms with Crippen molar-refractivity contribution in [1.82, 2.24) is 38.6 Å². The van der Waals surface area contributed by atoms with Crippen LogP contribution in [0.15, 0.2) is 30.1 Å². The van der Waals surface area contributed by atoms with Crippen LogP contribution in [0.5, 0.6) is 0 Å². The lowest BCUT2D eigenvalue weighted by Crippen LogP contribution is -2.35. The molecular weight excluding hydrogens is 651 g/mol. The van der Waals surface area contributed by atoms with Crippen LogP contribution in [0, 0.1) is 0 Å². The lowest BCUT2D eigenvalue weighted by Gasteiger charge is -2.28. The van der Waals surface area contributed by atoms with Crippen molar-refractivity contribution in [3.05, 3.63) is 35.7 Å². The number of fused-ring (bicyclic) bond motifs is 5. The van der Waals surface area contributed by atoms with E-state index in [4.69, 9.17) is 24.0 Å². The Hall–Kier alpha value is -2.41. The van der Waals surface area contributed by atoms with Crippen LogP contribution < -0.4 is 11.3 Å². The third kappa shape index (κ3) is 4.74. The summed E-state index contributed by atoms with van der Waals surface area (Å²) in [6.45, 7) is -9.14. The molecule has 3 N–H and O–H groups in total. The van der Waals surface area contributed by atoms with E-state index in [0.717, 1.165) is 0 Å². The third-order valence-electron chi connectivity index (χ3n) is 7.85. The van der Waals surface area contributed by atoms with Crippen molar-refractivity contribution < 1.29 is 36.9 Å². The zero-order valence-electron chi connectivity index (χ0n) is 22.0. The molecule has 0 aromatic carbocycles. The Morgan fingerprint density at radius 3 is 2.53 bits per heavy atom. The normalized spacial score (nSPS) is 38.3. The highest BCUT2D eigenvalue weighted by atomic mass is 32.7. The van der Waals surface area contributed by atoms with E-state index in [1.807, 2.05) is 0 Å². The molecule has 0 radical (unpaired) electrons. The molecule has 4 aromatic rings. The Morgan fingerprint density at radius 2 is 1.74 bits per heavy atom. The number of rotatable bonds is 2. The van der Waals surface area contributed by atoms with Crippen molar-refractivity contribution in [3.8, 4) is 0 Å². The van der Waals surface area contributed by atoms with Crippen LogP contribution in [0.1, 0.15) is 18.7 Å². The van der Waals surface area contributed by atoms with Gasteiger partial charge in [-0.25, -0.2) is 33.9 Å². The Morgan fingerprint density at radius 1 is 1.02 bits per heavy atom. The number of alkyl halides is 1. The van der Waals surface area contributed by atoms with Crippen molar-refractivity contribution >= 4 is 66.0 Å². The van der Waals surface area contributed by atoms with Gasteiger partial charge in [-0.05, 0) is 0 Å². The lowest BCUT2D eigenvalue weighted by atomic mass is 10.2. The number of halogens is 1. The van der Waals surface area contributed by atoms with Gasteiger partial charge >= 0.3 is 6.80 Å². The largest absolute Gasteiger partial charge is 0.388 e. The fraction of sp³-hybridized carbons (Fsp3) is 0.524. The molecule has 43 heavy (non-hydrogen) atoms. The van der Waals surface area contributed by atoms with Gasteiger partial charge < -0.3 is 29.2 Å². The maximum absolute atomic E-state index is 16.3. The van der Waals surface area contributed by atoms with Crippen molar-refractivity contribution in [1.29, 1.82) is 0 Å². The smallest absolute Gasteiger partial charge is 0.386 e. The number of ether oxygens (including phenoxy) is 1. The van der Waals surface area contributed by atoms with Gasteiger partial charge in [0.1, 0.15) is 29.7 Å². The maximum atomic E-state index is 16.3. The number of aliphatic hydroxyl groups is 1. The molecule has 6 heterocycles. The summed E-state index contributed by atoms with van der Waals surface area (Å²) in [4.78, 5) is 33.1. The van der Waals surface area contributed by atoms with Crippen molar-refractivity contribution in [2.45, 2.75) is 54.9 Å². The predicted octanol–water partition coefficient (Wildman–Crippen LogP) is 1.42. The standard InChI is InChI=1S/C21H24FN9O8P2S2/c1-29-5-28-19-13(20(29)33)27-6-30(19)8-2-9-14(32)15(8)39-41(35,43)36-3-10-16(40(34,42)38-9)11(22)21(37-10)31-7-26-12-17(23)24-4-25-18(12)31/h4-11,14-16,21,32H,2-3H2,1H3,(H,34,42)(H,35,43)(H2,23,24,25)/t8-,9+,10-,11-,14-,15+,16-,21-,40?,41?/m1/s1. The first-order valence-electron chi connectivity index (χ1n) is 12.8. The minimum absolute atomic E-state index is 0.0465. The first-order chi connectivity index (χ1) is 20.4. The van der Waals surface area contributed by atoms with Crippen LogP contribution in [0.2, 0.25) is 0 Å². The van der Waals surface area contributed by atoms with Gasteiger partial charge in [0.25, 0.3) is 12.1 Å². The van der Waals surface area contributed by atoms with Crippen LogP contribution in [-0.4, -0.2) is 86.6 Å². The van der Waals surface area contributed by atoms with E-state index in [0.29, 0.717) is 0 Å². The Kier molecular flexibility index (Phi) is 7.03. The van der Waals surface area contributed by atoms with Gasteiger partial charge in [0, 0.05) is 13.5 Å². The Bertz CT molecular complexity index is 1910. The molecule has 2 saturated heterocycles. The van der Waals surface area contributed by atoms with Gasteiger partial charge in [-0.3, -0.25) is 23.0 Å². The first-order valence-corrected chi connectivity index (χ1v) is 18.4. The molecule has 230 valence electrons. The number of hydrogen-bond acceptors (Lipinski definition) is 14. The second kappa shape index (κ2) is 10.3. The number of anilines is 1. The molecule has 1 aliphatic carbocycles. The lowest BCUT2D eigenvalue weighted by molar-refractivity contribution is -0.0358. The highest BCUT2D eigenvalue weighted by Crippen LogP contribution is 2.67. The second-order valence-corrected chi connectivity index (χ2v) is 16.9. The number of nitrogen functional groups attached to an aromatic ring is 1. The van der Waals surface area contributed by atoms with Gasteiger partial charge in [0.15, 0.2) is 35.0 Å². The molecule has 4 aromatic heterocycles. The molecule has 17 nitrogen and oxygen atoms in total. The molecule has 1 saturated carbocycles. The van der Waals surface area contributed by atoms with Crippen molar-refractivity contribution in [3.63, 3.8) is 0 Å². The first kappa shape index (κ1) is 29.3. The molecule has 0 amide bonds. The van der Waals surface area contributed by atoms with Crippen LogP contribution in [0.3, 0.4) is 0 Å². The zero-order valence-corrected chi connectivity index (χ0v) is 25.5. The molecular formula is C21H24FN9O8P2S2. The fourth-order valence-corrected chi connectivity index (χ4v) is 10.3. The Labute approximate surface area is 251 Å². The molecule has 0 spiro atoms.